The van der Waals surface area contributed by atoms with Gasteiger partial charge in [0.05, 0.1) is 11.9 Å². The maximum atomic E-state index is 11.9. The lowest BCUT2D eigenvalue weighted by Crippen LogP contribution is -2.26. The Bertz CT molecular complexity index is 360. The lowest BCUT2D eigenvalue weighted by Gasteiger charge is -2.20. The molecule has 1 heterocycles. The van der Waals surface area contributed by atoms with Gasteiger partial charge in [-0.1, -0.05) is 6.42 Å². The zero-order chi connectivity index (χ0) is 10.3. The van der Waals surface area contributed by atoms with Crippen molar-refractivity contribution < 1.29 is 4.79 Å². The highest BCUT2D eigenvalue weighted by Gasteiger charge is 2.42. The summed E-state index contributed by atoms with van der Waals surface area (Å²) in [5.41, 5.74) is 0.780. The first-order valence-corrected chi connectivity index (χ1v) is 5.62. The molecule has 2 bridgehead atoms. The molecule has 0 aliphatic heterocycles. The third-order valence-corrected chi connectivity index (χ3v) is 3.84. The number of nitrogens with zero attached hydrogens (tertiary/aromatic N) is 1. The summed E-state index contributed by atoms with van der Waals surface area (Å²) < 4.78 is 0. The van der Waals surface area contributed by atoms with Gasteiger partial charge in [0.1, 0.15) is 0 Å². The fraction of sp³-hybridized carbons (Fsp3) is 0.636. The molecule has 0 spiro atoms. The van der Waals surface area contributed by atoms with Gasteiger partial charge in [-0.3, -0.25) is 9.89 Å². The van der Waals surface area contributed by atoms with Crippen molar-refractivity contribution in [2.75, 3.05) is 5.32 Å². The Balaban J connectivity index is 1.66. The van der Waals surface area contributed by atoms with Gasteiger partial charge in [-0.15, -0.1) is 0 Å². The molecule has 15 heavy (non-hydrogen) atoms. The fourth-order valence-corrected chi connectivity index (χ4v) is 3.12. The van der Waals surface area contributed by atoms with Gasteiger partial charge >= 0.3 is 0 Å². The third-order valence-electron chi connectivity index (χ3n) is 3.84. The number of anilines is 1. The van der Waals surface area contributed by atoms with Gasteiger partial charge in [0.2, 0.25) is 5.91 Å². The highest BCUT2D eigenvalue weighted by Crippen LogP contribution is 2.48. The molecule has 1 aromatic rings. The summed E-state index contributed by atoms with van der Waals surface area (Å²) in [7, 11) is 0. The second-order valence-corrected chi connectivity index (χ2v) is 4.76. The van der Waals surface area contributed by atoms with Gasteiger partial charge in [-0.05, 0) is 31.1 Å². The Hall–Kier alpha value is -1.32. The summed E-state index contributed by atoms with van der Waals surface area (Å²) in [4.78, 5) is 11.9. The molecule has 2 saturated carbocycles. The molecule has 0 saturated heterocycles. The van der Waals surface area contributed by atoms with Crippen molar-refractivity contribution in [1.29, 1.82) is 0 Å². The number of aromatic amines is 1. The largest absolute Gasteiger partial charge is 0.323 e. The molecule has 0 radical (unpaired) electrons. The highest BCUT2D eigenvalue weighted by atomic mass is 16.1. The molecule has 2 fully saturated rings. The van der Waals surface area contributed by atoms with Crippen LogP contribution in [0.2, 0.25) is 0 Å². The standard InChI is InChI=1S/C11H15N3O/c15-11(14-9-5-12-13-6-9)10-4-7-1-2-8(10)3-7/h5-8,10H,1-4H2,(H,12,13)(H,14,15)/t7-,8-,10-/m0/s1. The Labute approximate surface area is 88.4 Å². The highest BCUT2D eigenvalue weighted by molar-refractivity contribution is 5.92. The monoisotopic (exact) mass is 205 g/mol. The maximum absolute atomic E-state index is 11.9. The van der Waals surface area contributed by atoms with Crippen LogP contribution >= 0.6 is 0 Å². The first-order chi connectivity index (χ1) is 7.33. The number of aromatic nitrogens is 2. The predicted octanol–water partition coefficient (Wildman–Crippen LogP) is 1.78. The quantitative estimate of drug-likeness (QED) is 0.773. The van der Waals surface area contributed by atoms with E-state index >= 15 is 0 Å². The van der Waals surface area contributed by atoms with Crippen LogP contribution in [0.5, 0.6) is 0 Å². The van der Waals surface area contributed by atoms with Crippen LogP contribution in [0.4, 0.5) is 5.69 Å². The minimum Gasteiger partial charge on any atom is -0.323 e. The van der Waals surface area contributed by atoms with Gasteiger partial charge in [0, 0.05) is 12.1 Å². The van der Waals surface area contributed by atoms with Crippen LogP contribution in [0.1, 0.15) is 25.7 Å². The van der Waals surface area contributed by atoms with Crippen LogP contribution in [0.15, 0.2) is 12.4 Å². The minimum absolute atomic E-state index is 0.184. The second kappa shape index (κ2) is 3.36. The van der Waals surface area contributed by atoms with Crippen molar-refractivity contribution in [2.24, 2.45) is 17.8 Å². The van der Waals surface area contributed by atoms with Crippen LogP contribution in [0.25, 0.3) is 0 Å². The van der Waals surface area contributed by atoms with Crippen molar-refractivity contribution in [3.63, 3.8) is 0 Å². The number of fused-ring (bicyclic) bond motifs is 2. The SMILES string of the molecule is O=C(Nc1cn[nH]c1)[C@H]1C[C@H]2CC[C@H]1C2. The van der Waals surface area contributed by atoms with Gasteiger partial charge in [0.15, 0.2) is 0 Å². The number of hydrogen-bond donors (Lipinski definition) is 2. The topological polar surface area (TPSA) is 57.8 Å². The molecule has 4 heteroatoms. The van der Waals surface area contributed by atoms with Crippen LogP contribution in [0.3, 0.4) is 0 Å². The van der Waals surface area contributed by atoms with E-state index in [4.69, 9.17) is 0 Å². The number of amides is 1. The number of carbonyl (C=O) groups is 1. The van der Waals surface area contributed by atoms with Gasteiger partial charge in [-0.2, -0.15) is 5.10 Å². The maximum Gasteiger partial charge on any atom is 0.227 e. The summed E-state index contributed by atoms with van der Waals surface area (Å²) in [5, 5.41) is 9.42. The van der Waals surface area contributed by atoms with Gasteiger partial charge < -0.3 is 5.32 Å². The van der Waals surface area contributed by atoms with E-state index in [-0.39, 0.29) is 11.8 Å². The van der Waals surface area contributed by atoms with Crippen molar-refractivity contribution >= 4 is 11.6 Å². The molecule has 3 atom stereocenters. The molecule has 1 amide bonds. The molecule has 0 aromatic carbocycles. The Kier molecular flexibility index (Phi) is 2.01. The van der Waals surface area contributed by atoms with Crippen molar-refractivity contribution in [2.45, 2.75) is 25.7 Å². The summed E-state index contributed by atoms with van der Waals surface area (Å²) in [5.74, 6) is 1.89. The molecule has 1 aromatic heterocycles. The van der Waals surface area contributed by atoms with E-state index in [2.05, 4.69) is 15.5 Å². The predicted molar refractivity (Wildman–Crippen MR) is 56.2 cm³/mol. The number of hydrogen-bond acceptors (Lipinski definition) is 2. The second-order valence-electron chi connectivity index (χ2n) is 4.76. The average Bonchev–Trinajstić information content (AvgIpc) is 2.93. The molecule has 0 unspecified atom stereocenters. The van der Waals surface area contributed by atoms with Crippen molar-refractivity contribution in [1.82, 2.24) is 10.2 Å². The van der Waals surface area contributed by atoms with Crippen LogP contribution < -0.4 is 5.32 Å². The van der Waals surface area contributed by atoms with E-state index in [0.29, 0.717) is 5.92 Å². The lowest BCUT2D eigenvalue weighted by molar-refractivity contribution is -0.121. The molecule has 2 aliphatic carbocycles. The summed E-state index contributed by atoms with van der Waals surface area (Å²) >= 11 is 0. The molecule has 2 aliphatic rings. The molecule has 80 valence electrons. The number of rotatable bonds is 2. The summed E-state index contributed by atoms with van der Waals surface area (Å²) in [6.07, 6.45) is 8.29. The molecule has 4 nitrogen and oxygen atoms in total. The Morgan fingerprint density at radius 3 is 3.00 bits per heavy atom. The molecular weight excluding hydrogens is 190 g/mol. The number of carbonyl (C=O) groups excluding carboxylic acids is 1. The first kappa shape index (κ1) is 8.95. The first-order valence-electron chi connectivity index (χ1n) is 5.62. The average molecular weight is 205 g/mol. The fourth-order valence-electron chi connectivity index (χ4n) is 3.12. The van der Waals surface area contributed by atoms with E-state index in [9.17, 15) is 4.79 Å². The smallest absolute Gasteiger partial charge is 0.227 e. The van der Waals surface area contributed by atoms with Crippen LogP contribution in [-0.4, -0.2) is 16.1 Å². The van der Waals surface area contributed by atoms with Gasteiger partial charge in [0.25, 0.3) is 0 Å². The van der Waals surface area contributed by atoms with Gasteiger partial charge in [-0.25, -0.2) is 0 Å². The zero-order valence-electron chi connectivity index (χ0n) is 8.57. The number of H-pyrrole nitrogens is 1. The van der Waals surface area contributed by atoms with Crippen molar-refractivity contribution in [3.8, 4) is 0 Å². The Morgan fingerprint density at radius 1 is 1.47 bits per heavy atom. The van der Waals surface area contributed by atoms with Crippen LogP contribution in [0, 0.1) is 17.8 Å². The van der Waals surface area contributed by atoms with E-state index in [1.165, 1.54) is 19.3 Å². The van der Waals surface area contributed by atoms with E-state index in [1.807, 2.05) is 0 Å². The summed E-state index contributed by atoms with van der Waals surface area (Å²) in [6.45, 7) is 0. The molecular formula is C11H15N3O. The Morgan fingerprint density at radius 2 is 2.40 bits per heavy atom. The summed E-state index contributed by atoms with van der Waals surface area (Å²) in [6, 6.07) is 0. The van der Waals surface area contributed by atoms with E-state index < -0.39 is 0 Å². The van der Waals surface area contributed by atoms with Crippen molar-refractivity contribution in [3.05, 3.63) is 12.4 Å². The lowest BCUT2D eigenvalue weighted by atomic mass is 9.88. The van der Waals surface area contributed by atoms with E-state index in [0.717, 1.165) is 18.0 Å². The van der Waals surface area contributed by atoms with E-state index in [1.54, 1.807) is 12.4 Å². The third kappa shape index (κ3) is 1.54. The minimum atomic E-state index is 0.184. The van der Waals surface area contributed by atoms with Crippen LogP contribution in [-0.2, 0) is 4.79 Å². The molecule has 2 N–H and O–H groups in total. The zero-order valence-corrected chi connectivity index (χ0v) is 8.57. The number of nitrogens with one attached hydrogen (secondary N) is 2. The normalized spacial score (nSPS) is 33.2. The molecule has 3 rings (SSSR count).